The van der Waals surface area contributed by atoms with Gasteiger partial charge in [0.15, 0.2) is 0 Å². The molecule has 1 aromatic rings. The van der Waals surface area contributed by atoms with Gasteiger partial charge in [-0.3, -0.25) is 0 Å². The van der Waals surface area contributed by atoms with Crippen LogP contribution in [0.2, 0.25) is 0 Å². The van der Waals surface area contributed by atoms with Crippen molar-refractivity contribution in [2.45, 2.75) is 52.1 Å². The minimum atomic E-state index is 0.288. The van der Waals surface area contributed by atoms with E-state index in [2.05, 4.69) is 41.2 Å². The van der Waals surface area contributed by atoms with Crippen molar-refractivity contribution in [2.24, 2.45) is 0 Å². The number of hydrogen-bond donors (Lipinski definition) is 2. The highest BCUT2D eigenvalue weighted by Crippen LogP contribution is 2.29. The van der Waals surface area contributed by atoms with Crippen LogP contribution in [0.4, 0.5) is 0 Å². The van der Waals surface area contributed by atoms with Crippen LogP contribution in [0.25, 0.3) is 0 Å². The van der Waals surface area contributed by atoms with Crippen LogP contribution in [-0.2, 0) is 6.54 Å². The predicted molar refractivity (Wildman–Crippen MR) is 87.2 cm³/mol. The number of aliphatic hydroxyl groups is 1. The number of benzene rings is 1. The first-order valence-corrected chi connectivity index (χ1v) is 8.19. The van der Waals surface area contributed by atoms with E-state index in [1.54, 1.807) is 0 Å². The number of halogens is 1. The molecule has 0 aromatic heterocycles. The molecule has 0 saturated heterocycles. The molecule has 0 spiro atoms. The fourth-order valence-electron chi connectivity index (χ4n) is 1.91. The molecular formula is C16H26BrNO2. The van der Waals surface area contributed by atoms with Gasteiger partial charge in [-0.05, 0) is 41.3 Å². The van der Waals surface area contributed by atoms with Gasteiger partial charge in [0.25, 0.3) is 0 Å². The molecule has 0 aliphatic rings. The minimum absolute atomic E-state index is 0.288. The molecule has 0 bridgehead atoms. The molecule has 0 aliphatic carbocycles. The Bertz CT molecular complexity index is 383. The molecule has 4 heteroatoms. The third-order valence-corrected chi connectivity index (χ3v) is 3.67. The maximum Gasteiger partial charge on any atom is 0.137 e. The SMILES string of the molecule is CC(C)NCc1cccc(Br)c1OCCCCCCO. The molecule has 1 aromatic carbocycles. The normalized spacial score (nSPS) is 11.1. The second-order valence-electron chi connectivity index (χ2n) is 5.25. The van der Waals surface area contributed by atoms with Crippen LogP contribution < -0.4 is 10.1 Å². The quantitative estimate of drug-likeness (QED) is 0.633. The zero-order valence-electron chi connectivity index (χ0n) is 12.5. The van der Waals surface area contributed by atoms with Gasteiger partial charge >= 0.3 is 0 Å². The Morgan fingerprint density at radius 2 is 1.95 bits per heavy atom. The van der Waals surface area contributed by atoms with Crippen molar-refractivity contribution >= 4 is 15.9 Å². The van der Waals surface area contributed by atoms with E-state index in [1.165, 1.54) is 5.56 Å². The number of hydrogen-bond acceptors (Lipinski definition) is 3. The Morgan fingerprint density at radius 1 is 1.20 bits per heavy atom. The van der Waals surface area contributed by atoms with Crippen LogP contribution in [0.3, 0.4) is 0 Å². The van der Waals surface area contributed by atoms with Crippen molar-refractivity contribution in [3.05, 3.63) is 28.2 Å². The number of ether oxygens (including phenoxy) is 1. The van der Waals surface area contributed by atoms with Crippen molar-refractivity contribution in [2.75, 3.05) is 13.2 Å². The largest absolute Gasteiger partial charge is 0.492 e. The number of nitrogens with one attached hydrogen (secondary N) is 1. The Labute approximate surface area is 130 Å². The van der Waals surface area contributed by atoms with E-state index in [0.29, 0.717) is 6.04 Å². The van der Waals surface area contributed by atoms with E-state index in [4.69, 9.17) is 9.84 Å². The van der Waals surface area contributed by atoms with Crippen molar-refractivity contribution in [3.8, 4) is 5.75 Å². The van der Waals surface area contributed by atoms with Crippen LogP contribution in [0.15, 0.2) is 22.7 Å². The molecular weight excluding hydrogens is 318 g/mol. The number of para-hydroxylation sites is 1. The van der Waals surface area contributed by atoms with Crippen LogP contribution >= 0.6 is 15.9 Å². The lowest BCUT2D eigenvalue weighted by Crippen LogP contribution is -2.22. The lowest BCUT2D eigenvalue weighted by atomic mass is 10.2. The molecule has 0 heterocycles. The van der Waals surface area contributed by atoms with Crippen molar-refractivity contribution in [1.82, 2.24) is 5.32 Å². The fraction of sp³-hybridized carbons (Fsp3) is 0.625. The number of rotatable bonds is 10. The highest BCUT2D eigenvalue weighted by molar-refractivity contribution is 9.10. The van der Waals surface area contributed by atoms with Gasteiger partial charge in [-0.25, -0.2) is 0 Å². The van der Waals surface area contributed by atoms with E-state index in [9.17, 15) is 0 Å². The Hall–Kier alpha value is -0.580. The summed E-state index contributed by atoms with van der Waals surface area (Å²) >= 11 is 3.56. The topological polar surface area (TPSA) is 41.5 Å². The highest BCUT2D eigenvalue weighted by Gasteiger charge is 2.08. The molecule has 0 saturated carbocycles. The fourth-order valence-corrected chi connectivity index (χ4v) is 2.43. The Morgan fingerprint density at radius 3 is 2.65 bits per heavy atom. The third kappa shape index (κ3) is 6.73. The van der Waals surface area contributed by atoms with Gasteiger partial charge in [0.2, 0.25) is 0 Å². The molecule has 0 atom stereocenters. The van der Waals surface area contributed by atoms with Gasteiger partial charge in [0, 0.05) is 24.8 Å². The van der Waals surface area contributed by atoms with Gasteiger partial charge in [0.1, 0.15) is 5.75 Å². The predicted octanol–water partition coefficient (Wildman–Crippen LogP) is 3.88. The van der Waals surface area contributed by atoms with Gasteiger partial charge in [-0.2, -0.15) is 0 Å². The third-order valence-electron chi connectivity index (χ3n) is 3.05. The van der Waals surface area contributed by atoms with Gasteiger partial charge in [-0.1, -0.05) is 32.4 Å². The highest BCUT2D eigenvalue weighted by atomic mass is 79.9. The summed E-state index contributed by atoms with van der Waals surface area (Å²) in [7, 11) is 0. The van der Waals surface area contributed by atoms with Gasteiger partial charge in [0.05, 0.1) is 11.1 Å². The maximum absolute atomic E-state index is 8.73. The summed E-state index contributed by atoms with van der Waals surface area (Å²) < 4.78 is 6.94. The molecule has 3 nitrogen and oxygen atoms in total. The molecule has 0 radical (unpaired) electrons. The number of aliphatic hydroxyl groups excluding tert-OH is 1. The monoisotopic (exact) mass is 343 g/mol. The molecule has 0 unspecified atom stereocenters. The van der Waals surface area contributed by atoms with E-state index in [0.717, 1.165) is 49.1 Å². The Kier molecular flexibility index (Phi) is 8.90. The first kappa shape index (κ1) is 17.5. The van der Waals surface area contributed by atoms with Gasteiger partial charge in [-0.15, -0.1) is 0 Å². The first-order chi connectivity index (χ1) is 9.65. The van der Waals surface area contributed by atoms with Crippen LogP contribution in [-0.4, -0.2) is 24.4 Å². The first-order valence-electron chi connectivity index (χ1n) is 7.39. The maximum atomic E-state index is 8.73. The van der Waals surface area contributed by atoms with E-state index >= 15 is 0 Å². The average molecular weight is 344 g/mol. The molecule has 0 amide bonds. The van der Waals surface area contributed by atoms with Crippen LogP contribution in [0.5, 0.6) is 5.75 Å². The van der Waals surface area contributed by atoms with Crippen LogP contribution in [0, 0.1) is 0 Å². The van der Waals surface area contributed by atoms with Crippen LogP contribution in [0.1, 0.15) is 45.1 Å². The second kappa shape index (κ2) is 10.2. The zero-order chi connectivity index (χ0) is 14.8. The summed E-state index contributed by atoms with van der Waals surface area (Å²) in [5.74, 6) is 0.947. The van der Waals surface area contributed by atoms with Crippen molar-refractivity contribution in [3.63, 3.8) is 0 Å². The second-order valence-corrected chi connectivity index (χ2v) is 6.10. The lowest BCUT2D eigenvalue weighted by Gasteiger charge is -2.15. The minimum Gasteiger partial charge on any atom is -0.492 e. The summed E-state index contributed by atoms with van der Waals surface area (Å²) in [6.07, 6.45) is 4.08. The average Bonchev–Trinajstić information content (AvgIpc) is 2.42. The smallest absolute Gasteiger partial charge is 0.137 e. The molecule has 20 heavy (non-hydrogen) atoms. The summed E-state index contributed by atoms with van der Waals surface area (Å²) in [6, 6.07) is 6.61. The zero-order valence-corrected chi connectivity index (χ0v) is 14.1. The van der Waals surface area contributed by atoms with Crippen molar-refractivity contribution in [1.29, 1.82) is 0 Å². The van der Waals surface area contributed by atoms with E-state index in [-0.39, 0.29) is 6.61 Å². The van der Waals surface area contributed by atoms with E-state index in [1.807, 2.05) is 12.1 Å². The molecule has 114 valence electrons. The molecule has 0 aliphatic heterocycles. The number of unbranched alkanes of at least 4 members (excludes halogenated alkanes) is 3. The van der Waals surface area contributed by atoms with E-state index < -0.39 is 0 Å². The standard InChI is InChI=1S/C16H26BrNO2/c1-13(2)18-12-14-8-7-9-15(17)16(14)20-11-6-4-3-5-10-19/h7-9,13,18-19H,3-6,10-12H2,1-2H3. The summed E-state index contributed by atoms with van der Waals surface area (Å²) in [4.78, 5) is 0. The summed E-state index contributed by atoms with van der Waals surface area (Å²) in [5, 5.41) is 12.2. The summed E-state index contributed by atoms with van der Waals surface area (Å²) in [5.41, 5.74) is 1.18. The molecule has 0 fully saturated rings. The van der Waals surface area contributed by atoms with Crippen molar-refractivity contribution < 1.29 is 9.84 Å². The lowest BCUT2D eigenvalue weighted by molar-refractivity contribution is 0.272. The Balaban J connectivity index is 2.46. The summed E-state index contributed by atoms with van der Waals surface area (Å²) in [6.45, 7) is 6.11. The van der Waals surface area contributed by atoms with Gasteiger partial charge < -0.3 is 15.2 Å². The molecule has 1 rings (SSSR count). The molecule has 2 N–H and O–H groups in total.